The Balaban J connectivity index is 0.00000161. The SMILES string of the molecule is CNCC1CCN(C(=O)c2csc3c2CCCC3)CC1.Cl. The Morgan fingerprint density at radius 2 is 2.05 bits per heavy atom. The molecule has 3 nitrogen and oxygen atoms in total. The number of halogens is 1. The first-order valence-corrected chi connectivity index (χ1v) is 8.70. The number of piperidine rings is 1. The molecule has 2 aliphatic rings. The van der Waals surface area contributed by atoms with Crippen molar-refractivity contribution in [2.75, 3.05) is 26.7 Å². The second-order valence-corrected chi connectivity index (χ2v) is 7.02. The molecule has 1 aliphatic heterocycles. The van der Waals surface area contributed by atoms with Crippen LogP contribution in [0, 0.1) is 5.92 Å². The van der Waals surface area contributed by atoms with E-state index in [2.05, 4.69) is 15.6 Å². The van der Waals surface area contributed by atoms with Crippen LogP contribution in [-0.4, -0.2) is 37.5 Å². The summed E-state index contributed by atoms with van der Waals surface area (Å²) in [5, 5.41) is 5.36. The number of carbonyl (C=O) groups is 1. The Hall–Kier alpha value is -0.580. The van der Waals surface area contributed by atoms with Crippen LogP contribution in [0.3, 0.4) is 0 Å². The van der Waals surface area contributed by atoms with E-state index in [1.54, 1.807) is 11.3 Å². The number of thiophene rings is 1. The Morgan fingerprint density at radius 1 is 1.33 bits per heavy atom. The zero-order valence-electron chi connectivity index (χ0n) is 12.7. The molecule has 5 heteroatoms. The highest BCUT2D eigenvalue weighted by Gasteiger charge is 2.27. The van der Waals surface area contributed by atoms with Crippen LogP contribution in [0.25, 0.3) is 0 Å². The third kappa shape index (κ3) is 3.61. The van der Waals surface area contributed by atoms with Crippen LogP contribution in [-0.2, 0) is 12.8 Å². The lowest BCUT2D eigenvalue weighted by molar-refractivity contribution is 0.0690. The number of aryl methyl sites for hydroxylation is 1. The molecule has 1 fully saturated rings. The molecule has 1 N–H and O–H groups in total. The average molecular weight is 329 g/mol. The molecule has 0 bridgehead atoms. The van der Waals surface area contributed by atoms with Crippen LogP contribution in [0.1, 0.15) is 46.5 Å². The predicted octanol–water partition coefficient (Wildman–Crippen LogP) is 3.12. The molecule has 118 valence electrons. The van der Waals surface area contributed by atoms with Gasteiger partial charge in [-0.25, -0.2) is 0 Å². The van der Waals surface area contributed by atoms with Gasteiger partial charge in [0.05, 0.1) is 5.56 Å². The number of hydrogen-bond acceptors (Lipinski definition) is 3. The topological polar surface area (TPSA) is 32.3 Å². The number of rotatable bonds is 3. The number of nitrogens with one attached hydrogen (secondary N) is 1. The first-order valence-electron chi connectivity index (χ1n) is 7.82. The van der Waals surface area contributed by atoms with Crippen molar-refractivity contribution in [1.29, 1.82) is 0 Å². The summed E-state index contributed by atoms with van der Waals surface area (Å²) in [4.78, 5) is 16.2. The zero-order chi connectivity index (χ0) is 13.9. The van der Waals surface area contributed by atoms with Crippen molar-refractivity contribution in [2.45, 2.75) is 38.5 Å². The Bertz CT molecular complexity index is 481. The Morgan fingerprint density at radius 3 is 2.76 bits per heavy atom. The minimum absolute atomic E-state index is 0. The first kappa shape index (κ1) is 16.8. The highest BCUT2D eigenvalue weighted by molar-refractivity contribution is 7.10. The summed E-state index contributed by atoms with van der Waals surface area (Å²) in [5.41, 5.74) is 2.38. The Kier molecular flexibility index (Phi) is 6.08. The molecule has 2 heterocycles. The highest BCUT2D eigenvalue weighted by Crippen LogP contribution is 2.31. The quantitative estimate of drug-likeness (QED) is 0.924. The van der Waals surface area contributed by atoms with Gasteiger partial charge in [-0.2, -0.15) is 0 Å². The van der Waals surface area contributed by atoms with E-state index in [9.17, 15) is 4.79 Å². The van der Waals surface area contributed by atoms with Gasteiger partial charge in [-0.05, 0) is 63.6 Å². The lowest BCUT2D eigenvalue weighted by Gasteiger charge is -2.32. The highest BCUT2D eigenvalue weighted by atomic mass is 35.5. The molecule has 0 radical (unpaired) electrons. The lowest BCUT2D eigenvalue weighted by atomic mass is 9.93. The number of carbonyl (C=O) groups excluding carboxylic acids is 1. The molecular weight excluding hydrogens is 304 g/mol. The van der Waals surface area contributed by atoms with Gasteiger partial charge in [0, 0.05) is 23.3 Å². The number of likely N-dealkylation sites (tertiary alicyclic amines) is 1. The summed E-state index contributed by atoms with van der Waals surface area (Å²) in [6.07, 6.45) is 7.09. The van der Waals surface area contributed by atoms with Gasteiger partial charge in [0.1, 0.15) is 0 Å². The van der Waals surface area contributed by atoms with Crippen LogP contribution in [0.5, 0.6) is 0 Å². The maximum absolute atomic E-state index is 12.7. The van der Waals surface area contributed by atoms with Gasteiger partial charge < -0.3 is 10.2 Å². The largest absolute Gasteiger partial charge is 0.339 e. The van der Waals surface area contributed by atoms with Gasteiger partial charge in [0.2, 0.25) is 0 Å². The van der Waals surface area contributed by atoms with Crippen LogP contribution >= 0.6 is 23.7 Å². The van der Waals surface area contributed by atoms with E-state index >= 15 is 0 Å². The van der Waals surface area contributed by atoms with Crippen LogP contribution in [0.2, 0.25) is 0 Å². The fourth-order valence-electron chi connectivity index (χ4n) is 3.47. The molecule has 0 saturated carbocycles. The number of nitrogens with zero attached hydrogens (tertiary/aromatic N) is 1. The molecule has 0 spiro atoms. The standard InChI is InChI=1S/C16H24N2OS.ClH/c1-17-10-12-6-8-18(9-7-12)16(19)14-11-20-15-5-3-2-4-13(14)15;/h11-12,17H,2-10H2,1H3;1H. The third-order valence-corrected chi connectivity index (χ3v) is 5.77. The zero-order valence-corrected chi connectivity index (χ0v) is 14.3. The van der Waals surface area contributed by atoms with Crippen molar-refractivity contribution < 1.29 is 4.79 Å². The number of amides is 1. The first-order chi connectivity index (χ1) is 9.79. The van der Waals surface area contributed by atoms with E-state index in [-0.39, 0.29) is 18.3 Å². The van der Waals surface area contributed by atoms with E-state index in [0.717, 1.165) is 50.4 Å². The summed E-state index contributed by atoms with van der Waals surface area (Å²) in [6.45, 7) is 2.93. The molecule has 1 saturated heterocycles. The van der Waals surface area contributed by atoms with E-state index in [4.69, 9.17) is 0 Å². The normalized spacial score (nSPS) is 19.0. The number of hydrogen-bond donors (Lipinski definition) is 1. The monoisotopic (exact) mass is 328 g/mol. The van der Waals surface area contributed by atoms with Crippen LogP contribution < -0.4 is 5.32 Å². The van der Waals surface area contributed by atoms with Crippen molar-refractivity contribution in [1.82, 2.24) is 10.2 Å². The molecule has 0 aromatic carbocycles. The molecule has 21 heavy (non-hydrogen) atoms. The summed E-state index contributed by atoms with van der Waals surface area (Å²) in [6, 6.07) is 0. The smallest absolute Gasteiger partial charge is 0.254 e. The maximum Gasteiger partial charge on any atom is 0.254 e. The second kappa shape index (κ2) is 7.61. The third-order valence-electron chi connectivity index (χ3n) is 4.69. The van der Waals surface area contributed by atoms with Gasteiger partial charge >= 0.3 is 0 Å². The maximum atomic E-state index is 12.7. The van der Waals surface area contributed by atoms with Gasteiger partial charge in [-0.3, -0.25) is 4.79 Å². The van der Waals surface area contributed by atoms with E-state index in [0.29, 0.717) is 0 Å². The van der Waals surface area contributed by atoms with Crippen molar-refractivity contribution in [3.63, 3.8) is 0 Å². The van der Waals surface area contributed by atoms with Gasteiger partial charge in [0.25, 0.3) is 5.91 Å². The minimum Gasteiger partial charge on any atom is -0.339 e. The molecule has 0 atom stereocenters. The molecule has 3 rings (SSSR count). The van der Waals surface area contributed by atoms with E-state index < -0.39 is 0 Å². The summed E-state index contributed by atoms with van der Waals surface area (Å²) in [5.74, 6) is 1.02. The lowest BCUT2D eigenvalue weighted by Crippen LogP contribution is -2.40. The Labute approximate surface area is 137 Å². The predicted molar refractivity (Wildman–Crippen MR) is 90.8 cm³/mol. The molecule has 1 aromatic rings. The second-order valence-electron chi connectivity index (χ2n) is 6.05. The molecule has 1 aromatic heterocycles. The van der Waals surface area contributed by atoms with Crippen LogP contribution in [0.15, 0.2) is 5.38 Å². The van der Waals surface area contributed by atoms with Gasteiger partial charge in [-0.1, -0.05) is 0 Å². The molecular formula is C16H25ClN2OS. The average Bonchev–Trinajstić information content (AvgIpc) is 2.92. The van der Waals surface area contributed by atoms with Gasteiger partial charge in [0.15, 0.2) is 0 Å². The molecule has 0 unspecified atom stereocenters. The van der Waals surface area contributed by atoms with Crippen LogP contribution in [0.4, 0.5) is 0 Å². The fraction of sp³-hybridized carbons (Fsp3) is 0.688. The summed E-state index contributed by atoms with van der Waals surface area (Å²) >= 11 is 1.80. The van der Waals surface area contributed by atoms with Crippen molar-refractivity contribution in [3.05, 3.63) is 21.4 Å². The fourth-order valence-corrected chi connectivity index (χ4v) is 4.59. The van der Waals surface area contributed by atoms with Crippen molar-refractivity contribution in [3.8, 4) is 0 Å². The molecule has 1 amide bonds. The van der Waals surface area contributed by atoms with E-state index in [1.807, 2.05) is 7.05 Å². The molecule has 1 aliphatic carbocycles. The van der Waals surface area contributed by atoms with E-state index in [1.165, 1.54) is 29.7 Å². The summed E-state index contributed by atoms with van der Waals surface area (Å²) < 4.78 is 0. The number of fused-ring (bicyclic) bond motifs is 1. The minimum atomic E-state index is 0. The van der Waals surface area contributed by atoms with Gasteiger partial charge in [-0.15, -0.1) is 23.7 Å². The summed E-state index contributed by atoms with van der Waals surface area (Å²) in [7, 11) is 2.01. The van der Waals surface area contributed by atoms with Crippen molar-refractivity contribution in [2.24, 2.45) is 5.92 Å². The van der Waals surface area contributed by atoms with Crippen molar-refractivity contribution >= 4 is 29.7 Å².